The summed E-state index contributed by atoms with van der Waals surface area (Å²) < 4.78 is 0. The van der Waals surface area contributed by atoms with Gasteiger partial charge in [0.2, 0.25) is 5.91 Å². The lowest BCUT2D eigenvalue weighted by molar-refractivity contribution is -0.150. The number of benzene rings is 1. The fraction of sp³-hybridized carbons (Fsp3) is 0.500. The van der Waals surface area contributed by atoms with Crippen LogP contribution in [0.4, 0.5) is 5.69 Å². The summed E-state index contributed by atoms with van der Waals surface area (Å²) in [4.78, 5) is 25.0. The van der Waals surface area contributed by atoms with Crippen LogP contribution in [-0.4, -0.2) is 41.5 Å². The number of likely N-dealkylation sites (tertiary alicyclic amines) is 1. The van der Waals surface area contributed by atoms with Crippen molar-refractivity contribution >= 4 is 17.6 Å². The van der Waals surface area contributed by atoms with Gasteiger partial charge in [0.25, 0.3) is 0 Å². The van der Waals surface area contributed by atoms with Crippen LogP contribution in [0.15, 0.2) is 24.3 Å². The van der Waals surface area contributed by atoms with E-state index in [0.717, 1.165) is 12.2 Å². The highest BCUT2D eigenvalue weighted by Gasteiger charge is 2.38. The molecule has 0 aliphatic carbocycles. The summed E-state index contributed by atoms with van der Waals surface area (Å²) in [5.41, 5.74) is 2.33. The molecule has 1 saturated heterocycles. The summed E-state index contributed by atoms with van der Waals surface area (Å²) in [7, 11) is 0. The highest BCUT2D eigenvalue weighted by atomic mass is 16.4. The minimum absolute atomic E-state index is 0.0976. The van der Waals surface area contributed by atoms with Crippen molar-refractivity contribution in [1.82, 2.24) is 4.90 Å². The Morgan fingerprint density at radius 2 is 2.10 bits per heavy atom. The molecule has 2 unspecified atom stereocenters. The summed E-state index contributed by atoms with van der Waals surface area (Å²) in [6, 6.07) is 8.09. The first-order valence-corrected chi connectivity index (χ1v) is 7.39. The van der Waals surface area contributed by atoms with E-state index >= 15 is 0 Å². The molecule has 2 heterocycles. The van der Waals surface area contributed by atoms with Crippen LogP contribution in [0.2, 0.25) is 0 Å². The Kier molecular flexibility index (Phi) is 3.57. The quantitative estimate of drug-likeness (QED) is 0.886. The lowest BCUT2D eigenvalue weighted by Gasteiger charge is -2.41. The van der Waals surface area contributed by atoms with Crippen LogP contribution >= 0.6 is 0 Å². The first kappa shape index (κ1) is 13.9. The summed E-state index contributed by atoms with van der Waals surface area (Å²) in [5, 5.41) is 12.3. The number of aliphatic carboxylic acids is 1. The van der Waals surface area contributed by atoms with E-state index in [-0.39, 0.29) is 23.7 Å². The maximum Gasteiger partial charge on any atom is 0.306 e. The Balaban J connectivity index is 1.54. The van der Waals surface area contributed by atoms with E-state index in [0.29, 0.717) is 19.5 Å². The molecule has 21 heavy (non-hydrogen) atoms. The Morgan fingerprint density at radius 1 is 1.38 bits per heavy atom. The Hall–Kier alpha value is -2.04. The van der Waals surface area contributed by atoms with E-state index < -0.39 is 5.97 Å². The number of nitrogens with one attached hydrogen (secondary N) is 1. The zero-order valence-electron chi connectivity index (χ0n) is 12.1. The zero-order chi connectivity index (χ0) is 15.0. The Morgan fingerprint density at radius 3 is 2.81 bits per heavy atom. The maximum atomic E-state index is 12.3. The number of anilines is 1. The van der Waals surface area contributed by atoms with Gasteiger partial charge in [-0.3, -0.25) is 9.59 Å². The lowest BCUT2D eigenvalue weighted by atomic mass is 9.86. The molecule has 112 valence electrons. The van der Waals surface area contributed by atoms with Crippen molar-refractivity contribution in [2.24, 2.45) is 11.8 Å². The van der Waals surface area contributed by atoms with Crippen molar-refractivity contribution in [1.29, 1.82) is 0 Å². The number of nitrogens with zero attached hydrogens (tertiary/aromatic N) is 1. The van der Waals surface area contributed by atoms with E-state index in [1.807, 2.05) is 18.2 Å². The van der Waals surface area contributed by atoms with E-state index in [9.17, 15) is 9.59 Å². The molecule has 2 aliphatic heterocycles. The van der Waals surface area contributed by atoms with Gasteiger partial charge in [-0.25, -0.2) is 0 Å². The molecule has 1 aromatic carbocycles. The number of carbonyl (C=O) groups excluding carboxylic acids is 1. The number of fused-ring (bicyclic) bond motifs is 1. The van der Waals surface area contributed by atoms with E-state index in [1.165, 1.54) is 5.56 Å². The number of amides is 1. The fourth-order valence-corrected chi connectivity index (χ4v) is 3.11. The van der Waals surface area contributed by atoms with Gasteiger partial charge in [-0.2, -0.15) is 0 Å². The van der Waals surface area contributed by atoms with Crippen molar-refractivity contribution < 1.29 is 14.7 Å². The van der Waals surface area contributed by atoms with Crippen LogP contribution < -0.4 is 5.32 Å². The summed E-state index contributed by atoms with van der Waals surface area (Å²) >= 11 is 0. The number of carboxylic acid groups (broad SMARTS) is 1. The van der Waals surface area contributed by atoms with Crippen molar-refractivity contribution in [2.75, 3.05) is 25.0 Å². The maximum absolute atomic E-state index is 12.3. The molecule has 1 fully saturated rings. The molecule has 2 aliphatic rings. The number of para-hydroxylation sites is 1. The van der Waals surface area contributed by atoms with Gasteiger partial charge in [0.1, 0.15) is 0 Å². The topological polar surface area (TPSA) is 69.6 Å². The largest absolute Gasteiger partial charge is 0.481 e. The molecule has 2 N–H and O–H groups in total. The highest BCUT2D eigenvalue weighted by Crippen LogP contribution is 2.34. The van der Waals surface area contributed by atoms with E-state index in [2.05, 4.69) is 11.4 Å². The monoisotopic (exact) mass is 288 g/mol. The van der Waals surface area contributed by atoms with Gasteiger partial charge >= 0.3 is 5.97 Å². The second-order valence-electron chi connectivity index (χ2n) is 6.05. The van der Waals surface area contributed by atoms with Gasteiger partial charge in [0.05, 0.1) is 5.92 Å². The molecule has 5 heteroatoms. The Bertz CT molecular complexity index is 566. The standard InChI is InChI=1S/C16H20N2O3/c1-10(16(20)21)12-8-18(9-12)15(19)6-11-7-17-14-5-3-2-4-13(11)14/h2-5,10-12,17H,6-9H2,1H3,(H,20,21). The number of carboxylic acids is 1. The highest BCUT2D eigenvalue weighted by molar-refractivity contribution is 5.79. The Labute approximate surface area is 123 Å². The third-order valence-corrected chi connectivity index (χ3v) is 4.72. The number of hydrogen-bond donors (Lipinski definition) is 2. The number of carbonyl (C=O) groups is 2. The van der Waals surface area contributed by atoms with Crippen LogP contribution in [0.1, 0.15) is 24.8 Å². The van der Waals surface area contributed by atoms with Crippen molar-refractivity contribution in [3.63, 3.8) is 0 Å². The second kappa shape index (κ2) is 5.39. The van der Waals surface area contributed by atoms with Crippen LogP contribution in [0.25, 0.3) is 0 Å². The first-order chi connectivity index (χ1) is 10.1. The molecule has 1 aromatic rings. The third kappa shape index (κ3) is 2.60. The normalized spacial score (nSPS) is 22.1. The average Bonchev–Trinajstić information content (AvgIpc) is 2.80. The number of rotatable bonds is 4. The molecule has 0 spiro atoms. The van der Waals surface area contributed by atoms with Crippen molar-refractivity contribution in [3.05, 3.63) is 29.8 Å². The smallest absolute Gasteiger partial charge is 0.306 e. The van der Waals surface area contributed by atoms with Gasteiger partial charge in [0.15, 0.2) is 0 Å². The number of hydrogen-bond acceptors (Lipinski definition) is 3. The molecule has 2 atom stereocenters. The predicted octanol–water partition coefficient (Wildman–Crippen LogP) is 1.76. The SMILES string of the molecule is CC(C(=O)O)C1CN(C(=O)CC2CNc3ccccc32)C1. The minimum Gasteiger partial charge on any atom is -0.481 e. The van der Waals surface area contributed by atoms with Gasteiger partial charge < -0.3 is 15.3 Å². The average molecular weight is 288 g/mol. The van der Waals surface area contributed by atoms with Crippen molar-refractivity contribution in [3.8, 4) is 0 Å². The molecule has 0 radical (unpaired) electrons. The molecule has 1 amide bonds. The predicted molar refractivity (Wildman–Crippen MR) is 79.2 cm³/mol. The fourth-order valence-electron chi connectivity index (χ4n) is 3.11. The summed E-state index contributed by atoms with van der Waals surface area (Å²) in [6.07, 6.45) is 0.498. The zero-order valence-corrected chi connectivity index (χ0v) is 12.1. The van der Waals surface area contributed by atoms with Gasteiger partial charge in [0, 0.05) is 43.6 Å². The molecule has 0 bridgehead atoms. The molecular weight excluding hydrogens is 268 g/mol. The van der Waals surface area contributed by atoms with E-state index in [4.69, 9.17) is 5.11 Å². The van der Waals surface area contributed by atoms with Gasteiger partial charge in [-0.05, 0) is 11.6 Å². The van der Waals surface area contributed by atoms with Gasteiger partial charge in [-0.15, -0.1) is 0 Å². The second-order valence-corrected chi connectivity index (χ2v) is 6.05. The summed E-state index contributed by atoms with van der Waals surface area (Å²) in [6.45, 7) is 3.67. The van der Waals surface area contributed by atoms with Crippen LogP contribution in [0.5, 0.6) is 0 Å². The summed E-state index contributed by atoms with van der Waals surface area (Å²) in [5.74, 6) is -0.693. The molecule has 0 saturated carbocycles. The molecular formula is C16H20N2O3. The van der Waals surface area contributed by atoms with Gasteiger partial charge in [-0.1, -0.05) is 25.1 Å². The first-order valence-electron chi connectivity index (χ1n) is 7.39. The van der Waals surface area contributed by atoms with Crippen molar-refractivity contribution in [2.45, 2.75) is 19.3 Å². The third-order valence-electron chi connectivity index (χ3n) is 4.72. The van der Waals surface area contributed by atoms with E-state index in [1.54, 1.807) is 11.8 Å². The van der Waals surface area contributed by atoms with Crippen LogP contribution in [-0.2, 0) is 9.59 Å². The molecule has 0 aromatic heterocycles. The lowest BCUT2D eigenvalue weighted by Crippen LogP contribution is -2.53. The minimum atomic E-state index is -0.777. The molecule has 5 nitrogen and oxygen atoms in total. The van der Waals surface area contributed by atoms with Crippen LogP contribution in [0.3, 0.4) is 0 Å². The molecule has 3 rings (SSSR count). The van der Waals surface area contributed by atoms with Crippen LogP contribution in [0, 0.1) is 11.8 Å².